The topological polar surface area (TPSA) is 37.3 Å². The van der Waals surface area contributed by atoms with Crippen LogP contribution in [0, 0.1) is 0 Å². The van der Waals surface area contributed by atoms with Gasteiger partial charge in [-0.25, -0.2) is 8.78 Å². The fraction of sp³-hybridized carbons (Fsp3) is 0.364. The van der Waals surface area contributed by atoms with Crippen LogP contribution in [0.15, 0.2) is 18.2 Å². The largest absolute Gasteiger partial charge is 0.508 e. The van der Waals surface area contributed by atoms with Crippen LogP contribution in [0.1, 0.15) is 36.8 Å². The van der Waals surface area contributed by atoms with Gasteiger partial charge in [0.2, 0.25) is 0 Å². The predicted octanol–water partition coefficient (Wildman–Crippen LogP) is 3.02. The molecule has 0 radical (unpaired) electrons. The molecule has 1 rings (SSSR count). The lowest BCUT2D eigenvalue weighted by Gasteiger charge is -2.11. The summed E-state index contributed by atoms with van der Waals surface area (Å²) in [5, 5.41) is 9.49. The summed E-state index contributed by atoms with van der Waals surface area (Å²) >= 11 is 0. The zero-order chi connectivity index (χ0) is 11.4. The monoisotopic (exact) mass is 214 g/mol. The number of aromatic hydroxyl groups is 1. The van der Waals surface area contributed by atoms with Crippen LogP contribution in [0.2, 0.25) is 0 Å². The van der Waals surface area contributed by atoms with Crippen molar-refractivity contribution in [3.8, 4) is 5.75 Å². The third kappa shape index (κ3) is 2.75. The van der Waals surface area contributed by atoms with E-state index in [1.165, 1.54) is 12.1 Å². The lowest BCUT2D eigenvalue weighted by Crippen LogP contribution is -1.96. The molecule has 15 heavy (non-hydrogen) atoms. The SMILES string of the molecule is CC(CC=O)c1ccc(C(F)F)cc1O. The van der Waals surface area contributed by atoms with Crippen LogP contribution in [0.5, 0.6) is 5.75 Å². The molecule has 0 aliphatic rings. The van der Waals surface area contributed by atoms with Crippen molar-refractivity contribution in [1.29, 1.82) is 0 Å². The van der Waals surface area contributed by atoms with Crippen molar-refractivity contribution in [1.82, 2.24) is 0 Å². The number of carbonyl (C=O) groups excluding carboxylic acids is 1. The molecule has 0 aromatic heterocycles. The van der Waals surface area contributed by atoms with Gasteiger partial charge < -0.3 is 9.90 Å². The molecular formula is C11H12F2O2. The number of benzene rings is 1. The van der Waals surface area contributed by atoms with Crippen LogP contribution in [-0.2, 0) is 4.79 Å². The number of rotatable bonds is 4. The number of aldehydes is 1. The lowest BCUT2D eigenvalue weighted by atomic mass is 9.96. The molecule has 0 aliphatic carbocycles. The number of hydrogen-bond acceptors (Lipinski definition) is 2. The Morgan fingerprint density at radius 3 is 2.60 bits per heavy atom. The third-order valence-electron chi connectivity index (χ3n) is 2.29. The summed E-state index contributed by atoms with van der Waals surface area (Å²) in [4.78, 5) is 10.3. The van der Waals surface area contributed by atoms with Crippen LogP contribution in [0.25, 0.3) is 0 Å². The number of carbonyl (C=O) groups is 1. The van der Waals surface area contributed by atoms with Crippen molar-refractivity contribution in [3.05, 3.63) is 29.3 Å². The molecule has 0 spiro atoms. The molecule has 0 saturated heterocycles. The van der Waals surface area contributed by atoms with Crippen molar-refractivity contribution in [2.45, 2.75) is 25.7 Å². The van der Waals surface area contributed by atoms with Gasteiger partial charge in [-0.05, 0) is 17.5 Å². The molecule has 2 nitrogen and oxygen atoms in total. The summed E-state index contributed by atoms with van der Waals surface area (Å²) in [6, 6.07) is 3.74. The number of alkyl halides is 2. The van der Waals surface area contributed by atoms with E-state index < -0.39 is 6.43 Å². The quantitative estimate of drug-likeness (QED) is 0.782. The van der Waals surface area contributed by atoms with Crippen molar-refractivity contribution in [2.24, 2.45) is 0 Å². The molecule has 1 aromatic rings. The van der Waals surface area contributed by atoms with E-state index in [2.05, 4.69) is 0 Å². The fourth-order valence-electron chi connectivity index (χ4n) is 1.38. The number of hydrogen-bond donors (Lipinski definition) is 1. The first kappa shape index (κ1) is 11.6. The molecule has 1 unspecified atom stereocenters. The van der Waals surface area contributed by atoms with Crippen molar-refractivity contribution in [3.63, 3.8) is 0 Å². The van der Waals surface area contributed by atoms with Crippen LogP contribution in [0.4, 0.5) is 8.78 Å². The van der Waals surface area contributed by atoms with Crippen LogP contribution in [0.3, 0.4) is 0 Å². The number of halogens is 2. The Bertz CT molecular complexity index is 350. The summed E-state index contributed by atoms with van der Waals surface area (Å²) in [5.41, 5.74) is 0.307. The minimum absolute atomic E-state index is 0.158. The summed E-state index contributed by atoms with van der Waals surface area (Å²) in [6.45, 7) is 1.76. The number of phenols is 1. The third-order valence-corrected chi connectivity index (χ3v) is 2.29. The van der Waals surface area contributed by atoms with Gasteiger partial charge >= 0.3 is 0 Å². The van der Waals surface area contributed by atoms with E-state index in [0.29, 0.717) is 5.56 Å². The van der Waals surface area contributed by atoms with Gasteiger partial charge in [0, 0.05) is 12.0 Å². The van der Waals surface area contributed by atoms with E-state index in [-0.39, 0.29) is 23.7 Å². The van der Waals surface area contributed by atoms with E-state index in [0.717, 1.165) is 12.4 Å². The summed E-state index contributed by atoms with van der Waals surface area (Å²) < 4.78 is 24.5. The van der Waals surface area contributed by atoms with Crippen molar-refractivity contribution >= 4 is 6.29 Å². The Kier molecular flexibility index (Phi) is 3.77. The lowest BCUT2D eigenvalue weighted by molar-refractivity contribution is -0.108. The maximum atomic E-state index is 12.3. The Labute approximate surface area is 86.5 Å². The molecular weight excluding hydrogens is 202 g/mol. The Balaban J connectivity index is 2.97. The first-order chi connectivity index (χ1) is 7.06. The highest BCUT2D eigenvalue weighted by atomic mass is 19.3. The van der Waals surface area contributed by atoms with Crippen LogP contribution < -0.4 is 0 Å². The van der Waals surface area contributed by atoms with Gasteiger partial charge in [-0.2, -0.15) is 0 Å². The highest BCUT2D eigenvalue weighted by Gasteiger charge is 2.13. The molecule has 0 bridgehead atoms. The summed E-state index contributed by atoms with van der Waals surface area (Å²) in [6.07, 6.45) is -1.58. The average Bonchev–Trinajstić information content (AvgIpc) is 2.17. The van der Waals surface area contributed by atoms with E-state index in [1.807, 2.05) is 0 Å². The van der Waals surface area contributed by atoms with Crippen LogP contribution in [-0.4, -0.2) is 11.4 Å². The predicted molar refractivity (Wildman–Crippen MR) is 52.2 cm³/mol. The standard InChI is InChI=1S/C11H12F2O2/c1-7(4-5-14)9-3-2-8(11(12)13)6-10(9)15/h2-3,5-7,11,15H,4H2,1H3. The van der Waals surface area contributed by atoms with Gasteiger partial charge in [-0.3, -0.25) is 0 Å². The van der Waals surface area contributed by atoms with E-state index in [9.17, 15) is 18.7 Å². The highest BCUT2D eigenvalue weighted by Crippen LogP contribution is 2.31. The van der Waals surface area contributed by atoms with Gasteiger partial charge in [0.05, 0.1) is 0 Å². The van der Waals surface area contributed by atoms with E-state index in [1.54, 1.807) is 6.92 Å². The zero-order valence-corrected chi connectivity index (χ0v) is 8.28. The van der Waals surface area contributed by atoms with Gasteiger partial charge in [0.25, 0.3) is 6.43 Å². The van der Waals surface area contributed by atoms with Gasteiger partial charge in [0.1, 0.15) is 12.0 Å². The molecule has 0 fully saturated rings. The second-order valence-electron chi connectivity index (χ2n) is 3.42. The highest BCUT2D eigenvalue weighted by molar-refractivity contribution is 5.52. The summed E-state index contributed by atoms with van der Waals surface area (Å²) in [7, 11) is 0. The van der Waals surface area contributed by atoms with E-state index in [4.69, 9.17) is 0 Å². The Morgan fingerprint density at radius 2 is 2.13 bits per heavy atom. The van der Waals surface area contributed by atoms with Gasteiger partial charge in [0.15, 0.2) is 0 Å². The van der Waals surface area contributed by atoms with Crippen molar-refractivity contribution < 1.29 is 18.7 Å². The minimum atomic E-state index is -2.59. The Hall–Kier alpha value is -1.45. The molecule has 82 valence electrons. The first-order valence-electron chi connectivity index (χ1n) is 4.60. The zero-order valence-electron chi connectivity index (χ0n) is 8.28. The average molecular weight is 214 g/mol. The molecule has 0 aliphatic heterocycles. The molecule has 4 heteroatoms. The molecule has 1 atom stereocenters. The van der Waals surface area contributed by atoms with E-state index >= 15 is 0 Å². The number of phenolic OH excluding ortho intramolecular Hbond substituents is 1. The molecule has 1 aromatic carbocycles. The smallest absolute Gasteiger partial charge is 0.263 e. The van der Waals surface area contributed by atoms with Crippen molar-refractivity contribution in [2.75, 3.05) is 0 Å². The molecule has 0 amide bonds. The second kappa shape index (κ2) is 4.87. The molecule has 0 saturated carbocycles. The second-order valence-corrected chi connectivity index (χ2v) is 3.42. The maximum Gasteiger partial charge on any atom is 0.263 e. The minimum Gasteiger partial charge on any atom is -0.508 e. The molecule has 1 N–H and O–H groups in total. The normalized spacial score (nSPS) is 12.8. The van der Waals surface area contributed by atoms with Gasteiger partial charge in [-0.1, -0.05) is 19.1 Å². The maximum absolute atomic E-state index is 12.3. The van der Waals surface area contributed by atoms with Gasteiger partial charge in [-0.15, -0.1) is 0 Å². The fourth-order valence-corrected chi connectivity index (χ4v) is 1.38. The Morgan fingerprint density at radius 1 is 1.47 bits per heavy atom. The molecule has 0 heterocycles. The van der Waals surface area contributed by atoms with Crippen LogP contribution >= 0.6 is 0 Å². The summed E-state index contributed by atoms with van der Waals surface area (Å²) in [5.74, 6) is -0.337. The first-order valence-corrected chi connectivity index (χ1v) is 4.60.